The van der Waals surface area contributed by atoms with Gasteiger partial charge in [-0.05, 0) is 49.2 Å². The monoisotopic (exact) mass is 287 g/mol. The molecule has 1 amide bonds. The second-order valence-corrected chi connectivity index (χ2v) is 4.92. The fourth-order valence-corrected chi connectivity index (χ4v) is 1.93. The van der Waals surface area contributed by atoms with E-state index in [0.29, 0.717) is 11.3 Å². The summed E-state index contributed by atoms with van der Waals surface area (Å²) in [5.74, 6) is 0.106. The van der Waals surface area contributed by atoms with Crippen molar-refractivity contribution < 1.29 is 13.9 Å². The van der Waals surface area contributed by atoms with Crippen molar-refractivity contribution >= 4 is 5.91 Å². The van der Waals surface area contributed by atoms with Crippen LogP contribution in [0.15, 0.2) is 48.5 Å². The lowest BCUT2D eigenvalue weighted by Gasteiger charge is -2.15. The molecule has 0 aliphatic rings. The van der Waals surface area contributed by atoms with Gasteiger partial charge in [0.15, 0.2) is 6.10 Å². The van der Waals surface area contributed by atoms with Gasteiger partial charge in [-0.2, -0.15) is 0 Å². The van der Waals surface area contributed by atoms with E-state index in [1.54, 1.807) is 19.1 Å². The van der Waals surface area contributed by atoms with E-state index in [1.807, 2.05) is 31.2 Å². The van der Waals surface area contributed by atoms with Gasteiger partial charge < -0.3 is 10.1 Å². The van der Waals surface area contributed by atoms with E-state index < -0.39 is 6.10 Å². The van der Waals surface area contributed by atoms with Crippen molar-refractivity contribution in [3.8, 4) is 5.75 Å². The van der Waals surface area contributed by atoms with Crippen LogP contribution in [-0.4, -0.2) is 12.0 Å². The molecular formula is C17H18FNO2. The molecule has 21 heavy (non-hydrogen) atoms. The van der Waals surface area contributed by atoms with E-state index >= 15 is 0 Å². The number of amides is 1. The van der Waals surface area contributed by atoms with Gasteiger partial charge in [-0.15, -0.1) is 0 Å². The molecule has 1 N–H and O–H groups in total. The lowest BCUT2D eigenvalue weighted by atomic mass is 10.2. The minimum absolute atomic E-state index is 0.235. The van der Waals surface area contributed by atoms with Crippen molar-refractivity contribution in [2.45, 2.75) is 26.5 Å². The Morgan fingerprint density at radius 2 is 2.00 bits per heavy atom. The highest BCUT2D eigenvalue weighted by atomic mass is 19.1. The van der Waals surface area contributed by atoms with E-state index in [2.05, 4.69) is 5.32 Å². The summed E-state index contributed by atoms with van der Waals surface area (Å²) in [6.45, 7) is 3.92. The topological polar surface area (TPSA) is 38.3 Å². The Bertz CT molecular complexity index is 628. The summed E-state index contributed by atoms with van der Waals surface area (Å²) in [6, 6.07) is 13.7. The van der Waals surface area contributed by atoms with Crippen LogP contribution < -0.4 is 10.1 Å². The predicted octanol–water partition coefficient (Wildman–Crippen LogP) is 3.22. The van der Waals surface area contributed by atoms with Crippen LogP contribution in [0.1, 0.15) is 18.1 Å². The van der Waals surface area contributed by atoms with Crippen LogP contribution in [0.5, 0.6) is 5.75 Å². The quantitative estimate of drug-likeness (QED) is 0.917. The van der Waals surface area contributed by atoms with E-state index in [0.717, 1.165) is 5.56 Å². The number of benzene rings is 2. The van der Waals surface area contributed by atoms with Gasteiger partial charge in [0.25, 0.3) is 5.91 Å². The molecule has 4 heteroatoms. The third-order valence-corrected chi connectivity index (χ3v) is 3.03. The third kappa shape index (κ3) is 4.60. The minimum Gasteiger partial charge on any atom is -0.481 e. The summed E-state index contributed by atoms with van der Waals surface area (Å²) in [4.78, 5) is 12.0. The second-order valence-electron chi connectivity index (χ2n) is 4.92. The number of carbonyl (C=O) groups is 1. The molecule has 0 aliphatic heterocycles. The van der Waals surface area contributed by atoms with Crippen LogP contribution in [0.25, 0.3) is 0 Å². The van der Waals surface area contributed by atoms with Gasteiger partial charge in [0.05, 0.1) is 0 Å². The number of carbonyl (C=O) groups excluding carboxylic acids is 1. The van der Waals surface area contributed by atoms with Crippen molar-refractivity contribution in [2.24, 2.45) is 0 Å². The summed E-state index contributed by atoms with van der Waals surface area (Å²) >= 11 is 0. The van der Waals surface area contributed by atoms with E-state index in [-0.39, 0.29) is 18.3 Å². The zero-order valence-electron chi connectivity index (χ0n) is 12.1. The Morgan fingerprint density at radius 3 is 2.71 bits per heavy atom. The lowest BCUT2D eigenvalue weighted by Crippen LogP contribution is -2.35. The molecule has 0 heterocycles. The molecule has 0 aliphatic carbocycles. The fourth-order valence-electron chi connectivity index (χ4n) is 1.93. The Balaban J connectivity index is 1.88. The van der Waals surface area contributed by atoms with Gasteiger partial charge in [0.2, 0.25) is 0 Å². The first-order chi connectivity index (χ1) is 10.0. The zero-order valence-corrected chi connectivity index (χ0v) is 12.1. The normalized spacial score (nSPS) is 11.8. The average molecular weight is 287 g/mol. The highest BCUT2D eigenvalue weighted by Gasteiger charge is 2.14. The molecule has 2 rings (SSSR count). The largest absolute Gasteiger partial charge is 0.481 e. The van der Waals surface area contributed by atoms with E-state index in [1.165, 1.54) is 12.1 Å². The number of hydrogen-bond donors (Lipinski definition) is 1. The van der Waals surface area contributed by atoms with Crippen LogP contribution >= 0.6 is 0 Å². The van der Waals surface area contributed by atoms with Crippen LogP contribution in [0.4, 0.5) is 4.39 Å². The molecule has 0 radical (unpaired) electrons. The Morgan fingerprint density at radius 1 is 1.24 bits per heavy atom. The molecule has 2 aromatic rings. The van der Waals surface area contributed by atoms with Gasteiger partial charge in [-0.25, -0.2) is 4.39 Å². The first-order valence-electron chi connectivity index (χ1n) is 6.80. The molecule has 0 spiro atoms. The number of hydrogen-bond acceptors (Lipinski definition) is 2. The van der Waals surface area contributed by atoms with Gasteiger partial charge in [-0.1, -0.05) is 24.3 Å². The highest BCUT2D eigenvalue weighted by molar-refractivity contribution is 5.80. The van der Waals surface area contributed by atoms with Gasteiger partial charge >= 0.3 is 0 Å². The van der Waals surface area contributed by atoms with Crippen LogP contribution in [0.3, 0.4) is 0 Å². The number of ether oxygens (including phenoxy) is 1. The smallest absolute Gasteiger partial charge is 0.261 e. The molecule has 1 atom stereocenters. The molecule has 0 aromatic heterocycles. The molecule has 3 nitrogen and oxygen atoms in total. The lowest BCUT2D eigenvalue weighted by molar-refractivity contribution is -0.127. The first-order valence-corrected chi connectivity index (χ1v) is 6.80. The first kappa shape index (κ1) is 15.0. The molecule has 110 valence electrons. The van der Waals surface area contributed by atoms with Gasteiger partial charge in [0.1, 0.15) is 11.6 Å². The summed E-state index contributed by atoms with van der Waals surface area (Å²) in [6.07, 6.45) is -0.611. The van der Waals surface area contributed by atoms with Crippen molar-refractivity contribution in [3.63, 3.8) is 0 Å². The number of nitrogens with one attached hydrogen (secondary N) is 1. The van der Waals surface area contributed by atoms with Crippen LogP contribution in [0.2, 0.25) is 0 Å². The van der Waals surface area contributed by atoms with Gasteiger partial charge in [0, 0.05) is 6.54 Å². The Kier molecular flexibility index (Phi) is 4.93. The number of rotatable bonds is 5. The molecule has 0 bridgehead atoms. The second kappa shape index (κ2) is 6.88. The standard InChI is InChI=1S/C17H18FNO2/c1-12-5-3-8-16(9-12)21-13(2)17(20)19-11-14-6-4-7-15(18)10-14/h3-10,13H,11H2,1-2H3,(H,19,20). The van der Waals surface area contributed by atoms with Crippen molar-refractivity contribution in [3.05, 3.63) is 65.5 Å². The SMILES string of the molecule is Cc1cccc(OC(C)C(=O)NCc2cccc(F)c2)c1. The van der Waals surface area contributed by atoms with Crippen LogP contribution in [0, 0.1) is 12.7 Å². The molecule has 0 saturated carbocycles. The summed E-state index contributed by atoms with van der Waals surface area (Å²) in [5, 5.41) is 2.73. The maximum absolute atomic E-state index is 13.0. The maximum Gasteiger partial charge on any atom is 0.261 e. The fraction of sp³-hybridized carbons (Fsp3) is 0.235. The average Bonchev–Trinajstić information content (AvgIpc) is 2.45. The summed E-state index contributed by atoms with van der Waals surface area (Å²) < 4.78 is 18.6. The Labute approximate surface area is 123 Å². The molecule has 1 unspecified atom stereocenters. The molecule has 0 saturated heterocycles. The van der Waals surface area contributed by atoms with Gasteiger partial charge in [-0.3, -0.25) is 4.79 Å². The zero-order chi connectivity index (χ0) is 15.2. The molecule has 2 aromatic carbocycles. The number of aryl methyl sites for hydroxylation is 1. The van der Waals surface area contributed by atoms with E-state index in [9.17, 15) is 9.18 Å². The minimum atomic E-state index is -0.611. The Hall–Kier alpha value is -2.36. The van der Waals surface area contributed by atoms with Crippen LogP contribution in [-0.2, 0) is 11.3 Å². The predicted molar refractivity (Wildman–Crippen MR) is 79.5 cm³/mol. The number of halogens is 1. The molecule has 0 fully saturated rings. The third-order valence-electron chi connectivity index (χ3n) is 3.03. The van der Waals surface area contributed by atoms with Crippen molar-refractivity contribution in [2.75, 3.05) is 0 Å². The molecular weight excluding hydrogens is 269 g/mol. The van der Waals surface area contributed by atoms with Crippen molar-refractivity contribution in [1.82, 2.24) is 5.32 Å². The summed E-state index contributed by atoms with van der Waals surface area (Å²) in [5.41, 5.74) is 1.78. The van der Waals surface area contributed by atoms with Crippen molar-refractivity contribution in [1.29, 1.82) is 0 Å². The summed E-state index contributed by atoms with van der Waals surface area (Å²) in [7, 11) is 0. The maximum atomic E-state index is 13.0. The van der Waals surface area contributed by atoms with E-state index in [4.69, 9.17) is 4.74 Å². The highest BCUT2D eigenvalue weighted by Crippen LogP contribution is 2.14.